The molecular weight excluding hydrogens is 246 g/mol. The number of thiocarbonyl (C=S) groups is 1. The summed E-state index contributed by atoms with van der Waals surface area (Å²) in [4.78, 5) is 10.8. The van der Waals surface area contributed by atoms with Gasteiger partial charge in [0.15, 0.2) is 0 Å². The minimum atomic E-state index is 0.303. The van der Waals surface area contributed by atoms with Crippen LogP contribution in [0.3, 0.4) is 0 Å². The van der Waals surface area contributed by atoms with Crippen molar-refractivity contribution < 1.29 is 0 Å². The van der Waals surface area contributed by atoms with Crippen LogP contribution in [0.25, 0.3) is 0 Å². The number of nitrogens with zero attached hydrogens (tertiary/aromatic N) is 4. The molecule has 2 heterocycles. The molecule has 0 radical (unpaired) electrons. The topological polar surface area (TPSA) is 60.0 Å². The maximum atomic E-state index is 5.68. The molecule has 0 aromatic carbocycles. The van der Waals surface area contributed by atoms with E-state index in [0.29, 0.717) is 17.2 Å². The number of hydrogen-bond donors (Lipinski definition) is 1. The first kappa shape index (κ1) is 12.5. The molecule has 2 aromatic rings. The van der Waals surface area contributed by atoms with Crippen molar-refractivity contribution in [2.75, 3.05) is 11.9 Å². The largest absolute Gasteiger partial charge is 0.388 e. The Morgan fingerprint density at radius 1 is 1.44 bits per heavy atom. The average molecular weight is 261 g/mol. The van der Waals surface area contributed by atoms with Crippen molar-refractivity contribution in [3.63, 3.8) is 0 Å². The fourth-order valence-electron chi connectivity index (χ4n) is 1.74. The summed E-state index contributed by atoms with van der Waals surface area (Å²) in [5, 5.41) is 0. The van der Waals surface area contributed by atoms with E-state index in [9.17, 15) is 0 Å². The number of hydrogen-bond acceptors (Lipinski definition) is 4. The predicted molar refractivity (Wildman–Crippen MR) is 75.4 cm³/mol. The van der Waals surface area contributed by atoms with E-state index < -0.39 is 0 Å². The molecule has 0 saturated heterocycles. The number of anilines is 1. The molecule has 0 fully saturated rings. The quantitative estimate of drug-likeness (QED) is 0.835. The van der Waals surface area contributed by atoms with Crippen LogP contribution in [-0.2, 0) is 13.6 Å². The van der Waals surface area contributed by atoms with E-state index in [2.05, 4.69) is 9.97 Å². The average Bonchev–Trinajstić information content (AvgIpc) is 2.75. The van der Waals surface area contributed by atoms with Gasteiger partial charge in [-0.3, -0.25) is 4.98 Å². The second kappa shape index (κ2) is 5.14. The van der Waals surface area contributed by atoms with Crippen molar-refractivity contribution in [1.29, 1.82) is 0 Å². The fraction of sp³-hybridized carbons (Fsp3) is 0.250. The number of pyridine rings is 1. The molecule has 2 N–H and O–H groups in total. The van der Waals surface area contributed by atoms with Gasteiger partial charge in [-0.1, -0.05) is 12.2 Å². The summed E-state index contributed by atoms with van der Waals surface area (Å²) in [6.07, 6.45) is 5.38. The highest BCUT2D eigenvalue weighted by Gasteiger charge is 2.12. The maximum Gasteiger partial charge on any atom is 0.127 e. The van der Waals surface area contributed by atoms with Gasteiger partial charge in [0.25, 0.3) is 0 Å². The minimum absolute atomic E-state index is 0.303. The molecule has 6 heteroatoms. The molecule has 0 aliphatic carbocycles. The molecular formula is C12H15N5S. The van der Waals surface area contributed by atoms with Crippen molar-refractivity contribution in [1.82, 2.24) is 14.5 Å². The molecule has 2 aromatic heterocycles. The van der Waals surface area contributed by atoms with Gasteiger partial charge < -0.3 is 15.2 Å². The molecule has 2 rings (SSSR count). The number of aryl methyl sites for hydroxylation is 1. The first-order valence-corrected chi connectivity index (χ1v) is 5.92. The van der Waals surface area contributed by atoms with Gasteiger partial charge in [0.2, 0.25) is 0 Å². The molecule has 0 aliphatic heterocycles. The van der Waals surface area contributed by atoms with E-state index in [1.807, 2.05) is 41.9 Å². The summed E-state index contributed by atoms with van der Waals surface area (Å²) in [6.45, 7) is 0.671. The molecule has 0 spiro atoms. The fourth-order valence-corrected chi connectivity index (χ4v) is 1.90. The van der Waals surface area contributed by atoms with Gasteiger partial charge in [-0.05, 0) is 12.1 Å². The molecule has 0 unspecified atom stereocenters. The van der Waals surface area contributed by atoms with Gasteiger partial charge in [-0.15, -0.1) is 0 Å². The van der Waals surface area contributed by atoms with E-state index in [0.717, 1.165) is 11.5 Å². The Morgan fingerprint density at radius 2 is 2.22 bits per heavy atom. The number of rotatable bonds is 4. The third-order valence-electron chi connectivity index (χ3n) is 2.73. The van der Waals surface area contributed by atoms with Crippen molar-refractivity contribution >= 4 is 22.9 Å². The van der Waals surface area contributed by atoms with E-state index in [-0.39, 0.29) is 0 Å². The van der Waals surface area contributed by atoms with Crippen LogP contribution in [0.2, 0.25) is 0 Å². The smallest absolute Gasteiger partial charge is 0.127 e. The second-order valence-corrected chi connectivity index (χ2v) is 4.49. The Kier molecular flexibility index (Phi) is 3.57. The lowest BCUT2D eigenvalue weighted by Gasteiger charge is -2.20. The third kappa shape index (κ3) is 2.48. The molecule has 94 valence electrons. The van der Waals surface area contributed by atoms with Gasteiger partial charge in [0, 0.05) is 32.7 Å². The summed E-state index contributed by atoms with van der Waals surface area (Å²) in [7, 11) is 3.93. The zero-order valence-corrected chi connectivity index (χ0v) is 11.2. The van der Waals surface area contributed by atoms with Gasteiger partial charge in [-0.25, -0.2) is 4.98 Å². The van der Waals surface area contributed by atoms with Crippen molar-refractivity contribution in [3.05, 3.63) is 42.2 Å². The summed E-state index contributed by atoms with van der Waals surface area (Å²) in [5.74, 6) is 0.968. The molecule has 18 heavy (non-hydrogen) atoms. The Morgan fingerprint density at radius 3 is 2.83 bits per heavy atom. The number of nitrogens with two attached hydrogens (primary N) is 1. The van der Waals surface area contributed by atoms with E-state index in [4.69, 9.17) is 18.0 Å². The summed E-state index contributed by atoms with van der Waals surface area (Å²) in [6, 6.07) is 3.82. The van der Waals surface area contributed by atoms with Crippen LogP contribution in [0.5, 0.6) is 0 Å². The Bertz CT molecular complexity index is 563. The zero-order chi connectivity index (χ0) is 13.1. The lowest BCUT2D eigenvalue weighted by molar-refractivity contribution is 0.760. The van der Waals surface area contributed by atoms with Crippen molar-refractivity contribution in [2.24, 2.45) is 12.8 Å². The van der Waals surface area contributed by atoms with Crippen LogP contribution >= 0.6 is 12.2 Å². The normalized spacial score (nSPS) is 10.3. The molecule has 0 amide bonds. The molecule has 0 bridgehead atoms. The molecule has 0 aliphatic rings. The Balaban J connectivity index is 2.26. The van der Waals surface area contributed by atoms with E-state index in [1.54, 1.807) is 12.4 Å². The lowest BCUT2D eigenvalue weighted by atomic mass is 10.2. The van der Waals surface area contributed by atoms with Crippen molar-refractivity contribution in [2.45, 2.75) is 6.54 Å². The standard InChI is InChI=1S/C12H15N5S/c1-16-7-6-14-10(16)8-17(2)9-4-3-5-15-11(9)12(13)18/h3-7H,8H2,1-2H3,(H2,13,18). The minimum Gasteiger partial charge on any atom is -0.388 e. The van der Waals surface area contributed by atoms with Crippen LogP contribution in [-0.4, -0.2) is 26.6 Å². The molecule has 0 saturated carbocycles. The lowest BCUT2D eigenvalue weighted by Crippen LogP contribution is -2.23. The number of imidazole rings is 1. The van der Waals surface area contributed by atoms with Gasteiger partial charge >= 0.3 is 0 Å². The highest BCUT2D eigenvalue weighted by Crippen LogP contribution is 2.18. The van der Waals surface area contributed by atoms with E-state index >= 15 is 0 Å². The van der Waals surface area contributed by atoms with Gasteiger partial charge in [0.05, 0.1) is 12.2 Å². The van der Waals surface area contributed by atoms with Crippen LogP contribution in [0, 0.1) is 0 Å². The highest BCUT2D eigenvalue weighted by molar-refractivity contribution is 7.80. The summed E-state index contributed by atoms with van der Waals surface area (Å²) >= 11 is 5.01. The van der Waals surface area contributed by atoms with Crippen molar-refractivity contribution in [3.8, 4) is 0 Å². The van der Waals surface area contributed by atoms with Crippen LogP contribution in [0.1, 0.15) is 11.5 Å². The predicted octanol–water partition coefficient (Wildman–Crippen LogP) is 1.09. The van der Waals surface area contributed by atoms with Crippen LogP contribution < -0.4 is 10.6 Å². The SMILES string of the molecule is CN(Cc1nccn1C)c1cccnc1C(N)=S. The van der Waals surface area contributed by atoms with Gasteiger partial charge in [0.1, 0.15) is 16.5 Å². The van der Waals surface area contributed by atoms with Gasteiger partial charge in [-0.2, -0.15) is 0 Å². The maximum absolute atomic E-state index is 5.68. The molecule has 5 nitrogen and oxygen atoms in total. The van der Waals surface area contributed by atoms with Crippen LogP contribution in [0.4, 0.5) is 5.69 Å². The summed E-state index contributed by atoms with van der Waals surface area (Å²) in [5.41, 5.74) is 7.23. The first-order valence-electron chi connectivity index (χ1n) is 5.51. The van der Waals surface area contributed by atoms with Crippen LogP contribution in [0.15, 0.2) is 30.7 Å². The second-order valence-electron chi connectivity index (χ2n) is 4.05. The highest BCUT2D eigenvalue weighted by atomic mass is 32.1. The van der Waals surface area contributed by atoms with E-state index in [1.165, 1.54) is 0 Å². The Labute approximate surface area is 111 Å². The third-order valence-corrected chi connectivity index (χ3v) is 2.92. The zero-order valence-electron chi connectivity index (χ0n) is 10.4. The Hall–Kier alpha value is -1.95. The summed E-state index contributed by atoms with van der Waals surface area (Å²) < 4.78 is 1.98. The first-order chi connectivity index (χ1) is 8.59. The molecule has 0 atom stereocenters. The number of aromatic nitrogens is 3. The monoisotopic (exact) mass is 261 g/mol.